The third-order valence-electron chi connectivity index (χ3n) is 2.57. The van der Waals surface area contributed by atoms with Crippen molar-refractivity contribution in [1.29, 1.82) is 0 Å². The number of ether oxygens (including phenoxy) is 1. The third-order valence-corrected chi connectivity index (χ3v) is 2.57. The first-order chi connectivity index (χ1) is 8.19. The summed E-state index contributed by atoms with van der Waals surface area (Å²) in [5, 5.41) is 2.86. The molecule has 0 unspecified atom stereocenters. The Hall–Kier alpha value is -1.46. The highest BCUT2D eigenvalue weighted by Gasteiger charge is 2.30. The molecule has 1 saturated heterocycles. The Bertz CT molecular complexity index is 323. The molecule has 1 fully saturated rings. The van der Waals surface area contributed by atoms with Crippen LogP contribution >= 0.6 is 0 Å². The Labute approximate surface area is 108 Å². The topological polar surface area (TPSA) is 61.9 Å². The summed E-state index contributed by atoms with van der Waals surface area (Å²) in [4.78, 5) is 26.4. The largest absolute Gasteiger partial charge is 0.444 e. The Kier molecular flexibility index (Phi) is 4.43. The normalized spacial score (nSPS) is 19.6. The molecule has 1 rings (SSSR count). The molecule has 0 bridgehead atoms. The number of amides is 3. The summed E-state index contributed by atoms with van der Waals surface area (Å²) < 4.78 is 5.29. The van der Waals surface area contributed by atoms with Crippen molar-refractivity contribution < 1.29 is 14.3 Å². The van der Waals surface area contributed by atoms with Gasteiger partial charge in [-0.3, -0.25) is 0 Å². The number of nitrogens with one attached hydrogen (secondary N) is 1. The van der Waals surface area contributed by atoms with Gasteiger partial charge in [-0.1, -0.05) is 0 Å². The van der Waals surface area contributed by atoms with Gasteiger partial charge in [-0.15, -0.1) is 0 Å². The summed E-state index contributed by atoms with van der Waals surface area (Å²) in [7, 11) is 3.38. The first-order valence-electron chi connectivity index (χ1n) is 6.15. The minimum atomic E-state index is -0.484. The van der Waals surface area contributed by atoms with Gasteiger partial charge in [0, 0.05) is 33.2 Å². The monoisotopic (exact) mass is 257 g/mol. The molecule has 3 amide bonds. The number of hydrogen-bond acceptors (Lipinski definition) is 3. The summed E-state index contributed by atoms with van der Waals surface area (Å²) >= 11 is 0. The average Bonchev–Trinajstić information content (AvgIpc) is 2.63. The predicted molar refractivity (Wildman–Crippen MR) is 68.4 cm³/mol. The highest BCUT2D eigenvalue weighted by atomic mass is 16.6. The lowest BCUT2D eigenvalue weighted by Gasteiger charge is -2.24. The fraction of sp³-hybridized carbons (Fsp3) is 0.833. The molecule has 0 aromatic carbocycles. The second kappa shape index (κ2) is 5.46. The molecule has 0 saturated carbocycles. The summed E-state index contributed by atoms with van der Waals surface area (Å²) in [6.07, 6.45) is 0.447. The molecule has 1 heterocycles. The third kappa shape index (κ3) is 4.43. The Morgan fingerprint density at radius 1 is 1.33 bits per heavy atom. The van der Waals surface area contributed by atoms with Gasteiger partial charge in [-0.25, -0.2) is 9.59 Å². The summed E-state index contributed by atoms with van der Waals surface area (Å²) in [5.74, 6) is 0. The van der Waals surface area contributed by atoms with Crippen LogP contribution in [0, 0.1) is 0 Å². The van der Waals surface area contributed by atoms with Gasteiger partial charge in [0.1, 0.15) is 5.60 Å². The molecule has 1 aliphatic heterocycles. The van der Waals surface area contributed by atoms with Crippen molar-refractivity contribution in [2.45, 2.75) is 38.8 Å². The first kappa shape index (κ1) is 14.6. The zero-order chi connectivity index (χ0) is 13.9. The molecule has 1 N–H and O–H groups in total. The molecule has 0 aromatic heterocycles. The minimum Gasteiger partial charge on any atom is -0.444 e. The maximum absolute atomic E-state index is 11.8. The van der Waals surface area contributed by atoms with Crippen LogP contribution in [0.15, 0.2) is 0 Å². The van der Waals surface area contributed by atoms with Gasteiger partial charge in [0.2, 0.25) is 0 Å². The summed E-state index contributed by atoms with van der Waals surface area (Å²) in [5.41, 5.74) is -0.484. The summed E-state index contributed by atoms with van der Waals surface area (Å²) in [6, 6.07) is -0.126. The van der Waals surface area contributed by atoms with Gasteiger partial charge < -0.3 is 19.9 Å². The lowest BCUT2D eigenvalue weighted by atomic mass is 10.2. The van der Waals surface area contributed by atoms with Crippen LogP contribution in [0.4, 0.5) is 9.59 Å². The number of urea groups is 1. The lowest BCUT2D eigenvalue weighted by Crippen LogP contribution is -2.43. The van der Waals surface area contributed by atoms with Crippen LogP contribution in [-0.2, 0) is 4.74 Å². The number of hydrogen-bond donors (Lipinski definition) is 1. The van der Waals surface area contributed by atoms with Gasteiger partial charge in [0.15, 0.2) is 0 Å². The van der Waals surface area contributed by atoms with E-state index in [2.05, 4.69) is 5.32 Å². The van der Waals surface area contributed by atoms with Crippen LogP contribution in [0.3, 0.4) is 0 Å². The molecule has 104 valence electrons. The van der Waals surface area contributed by atoms with E-state index in [1.807, 2.05) is 20.8 Å². The fourth-order valence-corrected chi connectivity index (χ4v) is 1.67. The van der Waals surface area contributed by atoms with Crippen molar-refractivity contribution in [3.05, 3.63) is 0 Å². The van der Waals surface area contributed by atoms with Crippen LogP contribution < -0.4 is 5.32 Å². The van der Waals surface area contributed by atoms with Crippen LogP contribution in [0.25, 0.3) is 0 Å². The highest BCUT2D eigenvalue weighted by Crippen LogP contribution is 2.15. The van der Waals surface area contributed by atoms with Crippen molar-refractivity contribution in [2.24, 2.45) is 0 Å². The van der Waals surface area contributed by atoms with E-state index in [9.17, 15) is 9.59 Å². The number of rotatable bonds is 1. The highest BCUT2D eigenvalue weighted by molar-refractivity contribution is 5.74. The van der Waals surface area contributed by atoms with Crippen LogP contribution in [0.5, 0.6) is 0 Å². The van der Waals surface area contributed by atoms with Crippen molar-refractivity contribution >= 4 is 12.1 Å². The van der Waals surface area contributed by atoms with Crippen LogP contribution in [0.1, 0.15) is 27.2 Å². The van der Waals surface area contributed by atoms with E-state index in [0.717, 1.165) is 6.42 Å². The molecule has 1 atom stereocenters. The first-order valence-corrected chi connectivity index (χ1v) is 6.15. The van der Waals surface area contributed by atoms with Gasteiger partial charge in [0.05, 0.1) is 0 Å². The van der Waals surface area contributed by atoms with E-state index < -0.39 is 5.60 Å². The number of likely N-dealkylation sites (tertiary alicyclic amines) is 1. The molecule has 6 heteroatoms. The Morgan fingerprint density at radius 2 is 1.94 bits per heavy atom. The number of nitrogens with zero attached hydrogens (tertiary/aromatic N) is 2. The van der Waals surface area contributed by atoms with E-state index in [4.69, 9.17) is 4.74 Å². The maximum atomic E-state index is 11.8. The molecular formula is C12H23N3O3. The minimum absolute atomic E-state index is 0.00687. The second-order valence-corrected chi connectivity index (χ2v) is 5.76. The Morgan fingerprint density at radius 3 is 2.44 bits per heavy atom. The van der Waals surface area contributed by atoms with E-state index in [0.29, 0.717) is 13.1 Å². The average molecular weight is 257 g/mol. The van der Waals surface area contributed by atoms with E-state index in [1.165, 1.54) is 4.90 Å². The second-order valence-electron chi connectivity index (χ2n) is 5.76. The van der Waals surface area contributed by atoms with E-state index >= 15 is 0 Å². The maximum Gasteiger partial charge on any atom is 0.410 e. The van der Waals surface area contributed by atoms with Crippen molar-refractivity contribution in [1.82, 2.24) is 15.1 Å². The van der Waals surface area contributed by atoms with Crippen molar-refractivity contribution in [2.75, 3.05) is 27.2 Å². The molecule has 0 radical (unpaired) electrons. The van der Waals surface area contributed by atoms with E-state index in [1.54, 1.807) is 19.0 Å². The lowest BCUT2D eigenvalue weighted by molar-refractivity contribution is 0.0291. The molecule has 1 aliphatic rings. The van der Waals surface area contributed by atoms with Crippen LogP contribution in [0.2, 0.25) is 0 Å². The zero-order valence-corrected chi connectivity index (χ0v) is 11.8. The molecule has 0 spiro atoms. The van der Waals surface area contributed by atoms with Gasteiger partial charge in [0.25, 0.3) is 0 Å². The van der Waals surface area contributed by atoms with Gasteiger partial charge in [-0.05, 0) is 27.2 Å². The quantitative estimate of drug-likeness (QED) is 0.769. The zero-order valence-electron chi connectivity index (χ0n) is 11.8. The SMILES string of the molecule is CN(C)C(=O)N[C@@H]1CCN(C(=O)OC(C)(C)C)C1. The van der Waals surface area contributed by atoms with Gasteiger partial charge in [-0.2, -0.15) is 0 Å². The fourth-order valence-electron chi connectivity index (χ4n) is 1.67. The van der Waals surface area contributed by atoms with E-state index in [-0.39, 0.29) is 18.2 Å². The number of carbonyl (C=O) groups excluding carboxylic acids is 2. The molecule has 0 aromatic rings. The summed E-state index contributed by atoms with van der Waals surface area (Å²) in [6.45, 7) is 6.65. The molecular weight excluding hydrogens is 234 g/mol. The van der Waals surface area contributed by atoms with Crippen molar-refractivity contribution in [3.8, 4) is 0 Å². The van der Waals surface area contributed by atoms with Crippen molar-refractivity contribution in [3.63, 3.8) is 0 Å². The molecule has 18 heavy (non-hydrogen) atoms. The Balaban J connectivity index is 2.42. The number of carbonyl (C=O) groups is 2. The smallest absolute Gasteiger partial charge is 0.410 e. The molecule has 6 nitrogen and oxygen atoms in total. The van der Waals surface area contributed by atoms with Crippen LogP contribution in [-0.4, -0.2) is 60.8 Å². The predicted octanol–water partition coefficient (Wildman–Crippen LogP) is 1.27. The standard InChI is InChI=1S/C12H23N3O3/c1-12(2,3)18-11(17)15-7-6-9(8-15)13-10(16)14(4)5/h9H,6-8H2,1-5H3,(H,13,16)/t9-/m1/s1. The molecule has 0 aliphatic carbocycles. The van der Waals surface area contributed by atoms with Gasteiger partial charge >= 0.3 is 12.1 Å².